The summed E-state index contributed by atoms with van der Waals surface area (Å²) in [4.78, 5) is 10.2. The molecule has 0 aliphatic carbocycles. The van der Waals surface area contributed by atoms with Gasteiger partial charge in [0.2, 0.25) is 6.04 Å². The largest absolute Gasteiger partial charge is 0.386 e. The van der Waals surface area contributed by atoms with Gasteiger partial charge in [0.1, 0.15) is 6.10 Å². The van der Waals surface area contributed by atoms with Crippen LogP contribution in [0.1, 0.15) is 40.0 Å². The van der Waals surface area contributed by atoms with Gasteiger partial charge in [-0.15, -0.1) is 0 Å². The molecule has 0 bridgehead atoms. The van der Waals surface area contributed by atoms with Crippen molar-refractivity contribution < 1.29 is 10.0 Å². The summed E-state index contributed by atoms with van der Waals surface area (Å²) in [7, 11) is 0. The fourth-order valence-corrected chi connectivity index (χ4v) is 1.41. The van der Waals surface area contributed by atoms with Crippen LogP contribution in [0.15, 0.2) is 0 Å². The molecule has 0 aromatic heterocycles. The van der Waals surface area contributed by atoms with Crippen molar-refractivity contribution in [2.45, 2.75) is 52.2 Å². The van der Waals surface area contributed by atoms with Crippen LogP contribution >= 0.6 is 0 Å². The molecule has 0 saturated carbocycles. The molecule has 78 valence electrons. The number of nitrogens with zero attached hydrogens (tertiary/aromatic N) is 1. The monoisotopic (exact) mass is 189 g/mol. The molecule has 0 saturated heterocycles. The average molecular weight is 189 g/mol. The van der Waals surface area contributed by atoms with Crippen molar-refractivity contribution in [1.29, 1.82) is 0 Å². The van der Waals surface area contributed by atoms with Gasteiger partial charge < -0.3 is 5.11 Å². The van der Waals surface area contributed by atoms with E-state index in [2.05, 4.69) is 0 Å². The van der Waals surface area contributed by atoms with Crippen LogP contribution in [-0.4, -0.2) is 22.2 Å². The van der Waals surface area contributed by atoms with Gasteiger partial charge in [-0.1, -0.05) is 33.6 Å². The fourth-order valence-electron chi connectivity index (χ4n) is 1.41. The molecule has 0 aliphatic rings. The highest BCUT2D eigenvalue weighted by Crippen LogP contribution is 2.14. The van der Waals surface area contributed by atoms with Crippen molar-refractivity contribution in [3.05, 3.63) is 10.1 Å². The van der Waals surface area contributed by atoms with Crippen LogP contribution in [0.3, 0.4) is 0 Å². The van der Waals surface area contributed by atoms with E-state index in [9.17, 15) is 15.2 Å². The number of hydrogen-bond acceptors (Lipinski definition) is 3. The van der Waals surface area contributed by atoms with E-state index < -0.39 is 12.1 Å². The van der Waals surface area contributed by atoms with Crippen LogP contribution < -0.4 is 0 Å². The van der Waals surface area contributed by atoms with E-state index in [1.807, 2.05) is 6.92 Å². The molecule has 0 aliphatic heterocycles. The lowest BCUT2D eigenvalue weighted by atomic mass is 9.96. The van der Waals surface area contributed by atoms with Gasteiger partial charge in [0, 0.05) is 10.8 Å². The summed E-state index contributed by atoms with van der Waals surface area (Å²) in [6, 6.07) is -0.813. The standard InChI is InChI=1S/C9H19NO3/c1-4-5-6-8(11)9(7(2)3)10(12)13/h7-9,11H,4-6H2,1-3H3/t8-,9+/m0/s1. The highest BCUT2D eigenvalue weighted by molar-refractivity contribution is 4.71. The Bertz CT molecular complexity index is 159. The Hall–Kier alpha value is -0.640. The van der Waals surface area contributed by atoms with E-state index >= 15 is 0 Å². The molecule has 0 rings (SSSR count). The second-order valence-corrected chi connectivity index (χ2v) is 3.73. The van der Waals surface area contributed by atoms with Crippen LogP contribution in [0.2, 0.25) is 0 Å². The zero-order valence-electron chi connectivity index (χ0n) is 8.56. The van der Waals surface area contributed by atoms with Gasteiger partial charge in [0.05, 0.1) is 0 Å². The normalized spacial score (nSPS) is 15.8. The highest BCUT2D eigenvalue weighted by atomic mass is 16.6. The van der Waals surface area contributed by atoms with Gasteiger partial charge in [-0.05, 0) is 6.42 Å². The number of hydrogen-bond donors (Lipinski definition) is 1. The summed E-state index contributed by atoms with van der Waals surface area (Å²) in [5.41, 5.74) is 0. The van der Waals surface area contributed by atoms with E-state index in [0.29, 0.717) is 6.42 Å². The highest BCUT2D eigenvalue weighted by Gasteiger charge is 2.32. The van der Waals surface area contributed by atoms with Crippen LogP contribution in [0.4, 0.5) is 0 Å². The summed E-state index contributed by atoms with van der Waals surface area (Å²) < 4.78 is 0. The molecule has 0 spiro atoms. The van der Waals surface area contributed by atoms with Gasteiger partial charge >= 0.3 is 0 Å². The van der Waals surface area contributed by atoms with Crippen LogP contribution in [-0.2, 0) is 0 Å². The van der Waals surface area contributed by atoms with E-state index in [-0.39, 0.29) is 10.8 Å². The second-order valence-electron chi connectivity index (χ2n) is 3.73. The van der Waals surface area contributed by atoms with Gasteiger partial charge in [0.15, 0.2) is 0 Å². The first-order valence-electron chi connectivity index (χ1n) is 4.82. The predicted molar refractivity (Wildman–Crippen MR) is 51.2 cm³/mol. The molecular formula is C9H19NO3. The van der Waals surface area contributed by atoms with E-state index in [0.717, 1.165) is 12.8 Å². The zero-order valence-corrected chi connectivity index (χ0v) is 8.56. The Kier molecular flexibility index (Phi) is 5.62. The van der Waals surface area contributed by atoms with Crippen molar-refractivity contribution in [3.63, 3.8) is 0 Å². The lowest BCUT2D eigenvalue weighted by Crippen LogP contribution is -2.38. The third kappa shape index (κ3) is 4.22. The first-order chi connectivity index (χ1) is 6.00. The van der Waals surface area contributed by atoms with Gasteiger partial charge in [-0.3, -0.25) is 10.1 Å². The van der Waals surface area contributed by atoms with E-state index in [1.54, 1.807) is 13.8 Å². The lowest BCUT2D eigenvalue weighted by Gasteiger charge is -2.18. The third-order valence-electron chi connectivity index (χ3n) is 2.17. The first-order valence-corrected chi connectivity index (χ1v) is 4.82. The number of aliphatic hydroxyl groups excluding tert-OH is 1. The van der Waals surface area contributed by atoms with Crippen LogP contribution in [0.5, 0.6) is 0 Å². The Morgan fingerprint density at radius 3 is 2.31 bits per heavy atom. The van der Waals surface area contributed by atoms with Crippen LogP contribution in [0, 0.1) is 16.0 Å². The number of rotatable bonds is 6. The summed E-state index contributed by atoms with van der Waals surface area (Å²) >= 11 is 0. The molecule has 4 heteroatoms. The van der Waals surface area contributed by atoms with Crippen molar-refractivity contribution in [3.8, 4) is 0 Å². The topological polar surface area (TPSA) is 63.4 Å². The molecule has 4 nitrogen and oxygen atoms in total. The number of unbranched alkanes of at least 4 members (excludes halogenated alkanes) is 1. The quantitative estimate of drug-likeness (QED) is 0.512. The molecule has 0 fully saturated rings. The lowest BCUT2D eigenvalue weighted by molar-refractivity contribution is -0.542. The summed E-state index contributed by atoms with van der Waals surface area (Å²) in [5.74, 6) is -0.109. The Morgan fingerprint density at radius 1 is 1.46 bits per heavy atom. The van der Waals surface area contributed by atoms with Crippen LogP contribution in [0.25, 0.3) is 0 Å². The molecule has 0 unspecified atom stereocenters. The molecule has 2 atom stereocenters. The molecule has 13 heavy (non-hydrogen) atoms. The number of nitro groups is 1. The van der Waals surface area contributed by atoms with Crippen molar-refractivity contribution >= 4 is 0 Å². The minimum Gasteiger partial charge on any atom is -0.386 e. The first kappa shape index (κ1) is 12.4. The minimum absolute atomic E-state index is 0.109. The summed E-state index contributed by atoms with van der Waals surface area (Å²) in [6.45, 7) is 5.54. The van der Waals surface area contributed by atoms with E-state index in [4.69, 9.17) is 0 Å². The van der Waals surface area contributed by atoms with E-state index in [1.165, 1.54) is 0 Å². The molecule has 0 heterocycles. The summed E-state index contributed by atoms with van der Waals surface area (Å²) in [5, 5.41) is 20.1. The molecule has 0 amide bonds. The molecule has 0 aromatic carbocycles. The SMILES string of the molecule is CCCC[C@H](O)[C@@H](C(C)C)[N+](=O)[O-]. The molecule has 1 N–H and O–H groups in total. The smallest absolute Gasteiger partial charge is 0.240 e. The van der Waals surface area contributed by atoms with Crippen molar-refractivity contribution in [2.75, 3.05) is 0 Å². The predicted octanol–water partition coefficient (Wildman–Crippen LogP) is 1.84. The van der Waals surface area contributed by atoms with Gasteiger partial charge in [-0.25, -0.2) is 0 Å². The Labute approximate surface area is 79.1 Å². The zero-order chi connectivity index (χ0) is 10.4. The molecular weight excluding hydrogens is 170 g/mol. The fraction of sp³-hybridized carbons (Fsp3) is 1.00. The second kappa shape index (κ2) is 5.91. The van der Waals surface area contributed by atoms with Gasteiger partial charge in [0.25, 0.3) is 0 Å². The minimum atomic E-state index is -0.813. The van der Waals surface area contributed by atoms with Crippen molar-refractivity contribution in [2.24, 2.45) is 5.92 Å². The Balaban J connectivity index is 4.12. The molecule has 0 radical (unpaired) electrons. The maximum Gasteiger partial charge on any atom is 0.240 e. The Morgan fingerprint density at radius 2 is 2.00 bits per heavy atom. The number of aliphatic hydroxyl groups is 1. The maximum atomic E-state index is 10.6. The van der Waals surface area contributed by atoms with Crippen molar-refractivity contribution in [1.82, 2.24) is 0 Å². The molecule has 0 aromatic rings. The third-order valence-corrected chi connectivity index (χ3v) is 2.17. The average Bonchev–Trinajstić information content (AvgIpc) is 1.99. The maximum absolute atomic E-state index is 10.6. The van der Waals surface area contributed by atoms with Gasteiger partial charge in [-0.2, -0.15) is 0 Å². The summed E-state index contributed by atoms with van der Waals surface area (Å²) in [6.07, 6.45) is 1.54.